The minimum atomic E-state index is 0.402. The van der Waals surface area contributed by atoms with E-state index in [9.17, 15) is 0 Å². The Morgan fingerprint density at radius 3 is 2.53 bits per heavy atom. The van der Waals surface area contributed by atoms with Gasteiger partial charge in [0.05, 0.1) is 0 Å². The maximum atomic E-state index is 5.48. The van der Waals surface area contributed by atoms with Gasteiger partial charge in [0.25, 0.3) is 0 Å². The van der Waals surface area contributed by atoms with Crippen LogP contribution in [-0.4, -0.2) is 19.8 Å². The highest BCUT2D eigenvalue weighted by Crippen LogP contribution is 2.30. The monoisotopic (exact) mass is 261 g/mol. The zero-order valence-electron chi connectivity index (χ0n) is 12.3. The first kappa shape index (κ1) is 14.5. The molecule has 0 aliphatic carbocycles. The Kier molecular flexibility index (Phi) is 5.41. The van der Waals surface area contributed by atoms with E-state index in [0.717, 1.165) is 19.8 Å². The minimum absolute atomic E-state index is 0.402. The van der Waals surface area contributed by atoms with Crippen LogP contribution in [0.25, 0.3) is 0 Å². The highest BCUT2D eigenvalue weighted by Gasteiger charge is 2.27. The van der Waals surface area contributed by atoms with Gasteiger partial charge >= 0.3 is 0 Å². The molecular formula is C17H27NO. The summed E-state index contributed by atoms with van der Waals surface area (Å²) in [6.07, 6.45) is 4.77. The summed E-state index contributed by atoms with van der Waals surface area (Å²) < 4.78 is 5.48. The number of benzene rings is 1. The van der Waals surface area contributed by atoms with Crippen molar-refractivity contribution in [3.05, 3.63) is 35.9 Å². The quantitative estimate of drug-likeness (QED) is 0.837. The number of hydrogen-bond donors (Lipinski definition) is 1. The van der Waals surface area contributed by atoms with Crippen LogP contribution in [0.15, 0.2) is 30.3 Å². The maximum absolute atomic E-state index is 5.48. The summed E-state index contributed by atoms with van der Waals surface area (Å²) >= 11 is 0. The molecule has 1 aromatic rings. The van der Waals surface area contributed by atoms with Gasteiger partial charge in [-0.25, -0.2) is 0 Å². The Morgan fingerprint density at radius 1 is 1.21 bits per heavy atom. The fourth-order valence-corrected chi connectivity index (χ4v) is 2.77. The lowest BCUT2D eigenvalue weighted by Crippen LogP contribution is -2.38. The standard InChI is InChI=1S/C17H27NO/c1-3-7-16(15-8-5-4-6-9-15)18-14-17(2)10-12-19-13-11-17/h4-6,8-9,16,18H,3,7,10-14H2,1-2H3. The van der Waals surface area contributed by atoms with Crippen molar-refractivity contribution >= 4 is 0 Å². The first-order chi connectivity index (χ1) is 9.23. The lowest BCUT2D eigenvalue weighted by atomic mass is 9.82. The topological polar surface area (TPSA) is 21.3 Å². The van der Waals surface area contributed by atoms with E-state index in [4.69, 9.17) is 4.74 Å². The lowest BCUT2D eigenvalue weighted by Gasteiger charge is -2.35. The zero-order valence-corrected chi connectivity index (χ0v) is 12.3. The van der Waals surface area contributed by atoms with Crippen molar-refractivity contribution in [2.75, 3.05) is 19.8 Å². The van der Waals surface area contributed by atoms with Crippen molar-refractivity contribution in [2.45, 2.75) is 45.6 Å². The van der Waals surface area contributed by atoms with Crippen molar-refractivity contribution in [2.24, 2.45) is 5.41 Å². The van der Waals surface area contributed by atoms with Gasteiger partial charge in [0.15, 0.2) is 0 Å². The number of nitrogens with one attached hydrogen (secondary N) is 1. The number of ether oxygens (including phenoxy) is 1. The fourth-order valence-electron chi connectivity index (χ4n) is 2.77. The average molecular weight is 261 g/mol. The molecule has 1 atom stereocenters. The van der Waals surface area contributed by atoms with E-state index in [1.165, 1.54) is 31.2 Å². The molecule has 19 heavy (non-hydrogen) atoms. The number of hydrogen-bond acceptors (Lipinski definition) is 2. The van der Waals surface area contributed by atoms with Gasteiger partial charge in [-0.3, -0.25) is 0 Å². The molecule has 0 saturated carbocycles. The van der Waals surface area contributed by atoms with Gasteiger partial charge in [-0.1, -0.05) is 50.6 Å². The summed E-state index contributed by atoms with van der Waals surface area (Å²) in [6, 6.07) is 11.3. The van der Waals surface area contributed by atoms with Gasteiger partial charge < -0.3 is 10.1 Å². The summed E-state index contributed by atoms with van der Waals surface area (Å²) in [5, 5.41) is 3.79. The van der Waals surface area contributed by atoms with Crippen molar-refractivity contribution in [3.8, 4) is 0 Å². The van der Waals surface area contributed by atoms with Crippen LogP contribution in [0.2, 0.25) is 0 Å². The van der Waals surface area contributed by atoms with E-state index in [2.05, 4.69) is 49.5 Å². The molecule has 0 spiro atoms. The molecular weight excluding hydrogens is 234 g/mol. The summed E-state index contributed by atoms with van der Waals surface area (Å²) in [5.74, 6) is 0. The minimum Gasteiger partial charge on any atom is -0.381 e. The zero-order chi connectivity index (χ0) is 13.6. The fraction of sp³-hybridized carbons (Fsp3) is 0.647. The lowest BCUT2D eigenvalue weighted by molar-refractivity contribution is 0.0227. The molecule has 0 aromatic heterocycles. The molecule has 0 bridgehead atoms. The van der Waals surface area contributed by atoms with Crippen molar-refractivity contribution < 1.29 is 4.74 Å². The largest absolute Gasteiger partial charge is 0.381 e. The van der Waals surface area contributed by atoms with Gasteiger partial charge in [0, 0.05) is 25.8 Å². The molecule has 1 fully saturated rings. The van der Waals surface area contributed by atoms with Gasteiger partial charge in [-0.2, -0.15) is 0 Å². The molecule has 1 saturated heterocycles. The Hall–Kier alpha value is -0.860. The van der Waals surface area contributed by atoms with Crippen molar-refractivity contribution in [1.82, 2.24) is 5.32 Å². The molecule has 1 N–H and O–H groups in total. The van der Waals surface area contributed by atoms with Crippen LogP contribution in [0.3, 0.4) is 0 Å². The molecule has 2 rings (SSSR count). The normalized spacial score (nSPS) is 20.1. The predicted octanol–water partition coefficient (Wildman–Crippen LogP) is 3.93. The van der Waals surface area contributed by atoms with Gasteiger partial charge in [-0.15, -0.1) is 0 Å². The third-order valence-electron chi connectivity index (χ3n) is 4.25. The van der Waals surface area contributed by atoms with Crippen LogP contribution >= 0.6 is 0 Å². The third kappa shape index (κ3) is 4.32. The van der Waals surface area contributed by atoms with E-state index in [1.54, 1.807) is 0 Å². The van der Waals surface area contributed by atoms with E-state index < -0.39 is 0 Å². The van der Waals surface area contributed by atoms with E-state index in [0.29, 0.717) is 11.5 Å². The summed E-state index contributed by atoms with van der Waals surface area (Å²) in [6.45, 7) is 7.57. The van der Waals surface area contributed by atoms with Crippen LogP contribution in [0, 0.1) is 5.41 Å². The van der Waals surface area contributed by atoms with Crippen LogP contribution in [0.1, 0.15) is 51.1 Å². The summed E-state index contributed by atoms with van der Waals surface area (Å²) in [4.78, 5) is 0. The molecule has 2 heteroatoms. The smallest absolute Gasteiger partial charge is 0.0471 e. The maximum Gasteiger partial charge on any atom is 0.0471 e. The summed E-state index contributed by atoms with van der Waals surface area (Å²) in [7, 11) is 0. The summed E-state index contributed by atoms with van der Waals surface area (Å²) in [5.41, 5.74) is 1.82. The SMILES string of the molecule is CCCC(NCC1(C)CCOCC1)c1ccccc1. The molecule has 1 aliphatic rings. The van der Waals surface area contributed by atoms with Gasteiger partial charge in [0.1, 0.15) is 0 Å². The first-order valence-electron chi connectivity index (χ1n) is 7.59. The van der Waals surface area contributed by atoms with Crippen LogP contribution < -0.4 is 5.32 Å². The second-order valence-corrected chi connectivity index (χ2v) is 6.06. The highest BCUT2D eigenvalue weighted by atomic mass is 16.5. The third-order valence-corrected chi connectivity index (χ3v) is 4.25. The average Bonchev–Trinajstić information content (AvgIpc) is 2.45. The Balaban J connectivity index is 1.93. The second kappa shape index (κ2) is 7.06. The van der Waals surface area contributed by atoms with E-state index in [1.807, 2.05) is 0 Å². The van der Waals surface area contributed by atoms with Gasteiger partial charge in [0.2, 0.25) is 0 Å². The van der Waals surface area contributed by atoms with E-state index >= 15 is 0 Å². The predicted molar refractivity (Wildman–Crippen MR) is 80.3 cm³/mol. The Morgan fingerprint density at radius 2 is 1.89 bits per heavy atom. The molecule has 1 heterocycles. The van der Waals surface area contributed by atoms with Crippen molar-refractivity contribution in [1.29, 1.82) is 0 Å². The second-order valence-electron chi connectivity index (χ2n) is 6.06. The molecule has 1 aliphatic heterocycles. The van der Waals surface area contributed by atoms with Crippen LogP contribution in [0.4, 0.5) is 0 Å². The van der Waals surface area contributed by atoms with Crippen LogP contribution in [-0.2, 0) is 4.74 Å². The molecule has 1 unspecified atom stereocenters. The number of rotatable bonds is 6. The molecule has 0 radical (unpaired) electrons. The van der Waals surface area contributed by atoms with E-state index in [-0.39, 0.29) is 0 Å². The first-order valence-corrected chi connectivity index (χ1v) is 7.59. The van der Waals surface area contributed by atoms with Crippen molar-refractivity contribution in [3.63, 3.8) is 0 Å². The van der Waals surface area contributed by atoms with Crippen LogP contribution in [0.5, 0.6) is 0 Å². The molecule has 0 amide bonds. The van der Waals surface area contributed by atoms with Gasteiger partial charge in [-0.05, 0) is 30.2 Å². The highest BCUT2D eigenvalue weighted by molar-refractivity contribution is 5.18. The molecule has 106 valence electrons. The molecule has 1 aromatic carbocycles. The molecule has 2 nitrogen and oxygen atoms in total. The Bertz CT molecular complexity index is 357. The Labute approximate surface area is 117 Å².